The van der Waals surface area contributed by atoms with E-state index >= 15 is 0 Å². The maximum atomic E-state index is 13.7. The van der Waals surface area contributed by atoms with Gasteiger partial charge in [0.25, 0.3) is 0 Å². The van der Waals surface area contributed by atoms with Gasteiger partial charge in [0.2, 0.25) is 0 Å². The second-order valence-corrected chi connectivity index (χ2v) is 10.4. The molecular formula is C27H28N4O. The minimum absolute atomic E-state index is 0.0466. The Morgan fingerprint density at radius 1 is 1.16 bits per heavy atom. The predicted octanol–water partition coefficient (Wildman–Crippen LogP) is 5.55. The number of azo groups is 1. The first-order valence-corrected chi connectivity index (χ1v) is 11.6. The first-order valence-electron chi connectivity index (χ1n) is 11.6. The number of carbonyl (C=O) groups is 1. The molecule has 2 atom stereocenters. The number of aromatic nitrogens is 1. The van der Waals surface area contributed by atoms with E-state index < -0.39 is 5.41 Å². The number of hydrogen-bond donors (Lipinski definition) is 1. The molecule has 1 unspecified atom stereocenters. The summed E-state index contributed by atoms with van der Waals surface area (Å²) in [6.07, 6.45) is 8.04. The molecule has 0 saturated carbocycles. The number of hydrogen-bond acceptors (Lipinski definition) is 5. The molecule has 2 aliphatic heterocycles. The quantitative estimate of drug-likeness (QED) is 0.652. The summed E-state index contributed by atoms with van der Waals surface area (Å²) in [7, 11) is 0. The zero-order valence-electron chi connectivity index (χ0n) is 18.9. The predicted molar refractivity (Wildman–Crippen MR) is 124 cm³/mol. The van der Waals surface area contributed by atoms with Crippen molar-refractivity contribution in [2.75, 3.05) is 0 Å². The lowest BCUT2D eigenvalue weighted by molar-refractivity contribution is -0.119. The number of Topliss-reactive ketones (excluding diaryl/α,β-unsaturated/α-hetero) is 1. The van der Waals surface area contributed by atoms with Crippen molar-refractivity contribution < 1.29 is 4.79 Å². The van der Waals surface area contributed by atoms with Crippen molar-refractivity contribution in [1.29, 1.82) is 0 Å². The Bertz CT molecular complexity index is 1250. The Morgan fingerprint density at radius 2 is 2.03 bits per heavy atom. The third-order valence-electron chi connectivity index (χ3n) is 7.60. The van der Waals surface area contributed by atoms with Crippen LogP contribution in [0.25, 0.3) is 11.1 Å². The van der Waals surface area contributed by atoms with E-state index in [9.17, 15) is 4.79 Å². The molecule has 0 bridgehead atoms. The van der Waals surface area contributed by atoms with Crippen LogP contribution in [-0.4, -0.2) is 16.9 Å². The molecule has 1 N–H and O–H groups in total. The molecule has 6 rings (SSSR count). The van der Waals surface area contributed by atoms with Gasteiger partial charge in [-0.2, -0.15) is 10.2 Å². The normalized spacial score (nSPS) is 27.5. The molecule has 0 saturated heterocycles. The average Bonchev–Trinajstić information content (AvgIpc) is 3.21. The summed E-state index contributed by atoms with van der Waals surface area (Å²) < 4.78 is 0. The number of nitrogens with one attached hydrogen (secondary N) is 1. The van der Waals surface area contributed by atoms with E-state index in [-0.39, 0.29) is 17.4 Å². The van der Waals surface area contributed by atoms with Crippen molar-refractivity contribution in [3.05, 3.63) is 76.4 Å². The Morgan fingerprint density at radius 3 is 2.88 bits per heavy atom. The molecule has 0 radical (unpaired) electrons. The number of allylic oxidation sites excluding steroid dienone is 2. The molecule has 1 spiro atoms. The highest BCUT2D eigenvalue weighted by molar-refractivity contribution is 6.02. The fourth-order valence-corrected chi connectivity index (χ4v) is 6.46. The van der Waals surface area contributed by atoms with Crippen molar-refractivity contribution in [3.63, 3.8) is 0 Å². The number of carbonyl (C=O) groups excluding carboxylic acids is 1. The van der Waals surface area contributed by atoms with Crippen LogP contribution in [0, 0.1) is 12.3 Å². The second-order valence-electron chi connectivity index (χ2n) is 10.4. The smallest absolute Gasteiger partial charge is 0.164 e. The molecule has 5 heteroatoms. The van der Waals surface area contributed by atoms with Gasteiger partial charge in [-0.05, 0) is 72.4 Å². The minimum atomic E-state index is -0.437. The summed E-state index contributed by atoms with van der Waals surface area (Å²) in [5.74, 6) is 0.271. The largest absolute Gasteiger partial charge is 0.362 e. The molecule has 5 nitrogen and oxygen atoms in total. The molecule has 0 amide bonds. The molecule has 4 aliphatic rings. The van der Waals surface area contributed by atoms with Gasteiger partial charge >= 0.3 is 0 Å². The highest BCUT2D eigenvalue weighted by Gasteiger charge is 2.55. The van der Waals surface area contributed by atoms with Gasteiger partial charge in [-0.15, -0.1) is 0 Å². The molecule has 0 fully saturated rings. The zero-order chi connectivity index (χ0) is 22.1. The summed E-state index contributed by atoms with van der Waals surface area (Å²) in [6, 6.07) is 10.8. The number of nitrogens with zero attached hydrogens (tertiary/aromatic N) is 3. The molecule has 1 aromatic heterocycles. The van der Waals surface area contributed by atoms with E-state index in [0.29, 0.717) is 6.42 Å². The van der Waals surface area contributed by atoms with Crippen LogP contribution >= 0.6 is 0 Å². The van der Waals surface area contributed by atoms with Gasteiger partial charge < -0.3 is 5.32 Å². The van der Waals surface area contributed by atoms with Crippen LogP contribution < -0.4 is 5.32 Å². The van der Waals surface area contributed by atoms with E-state index in [2.05, 4.69) is 64.7 Å². The van der Waals surface area contributed by atoms with Crippen LogP contribution in [-0.2, 0) is 16.6 Å². The highest BCUT2D eigenvalue weighted by Crippen LogP contribution is 2.57. The van der Waals surface area contributed by atoms with Crippen LogP contribution in [0.5, 0.6) is 0 Å². The molecule has 3 heterocycles. The SMILES string of the molecule is Cc1cc(-c2cccc3c2CCC[C@@]32C3=CN=NC3NC3=C2C(=O)CC(C)(C)C3)ccn1. The van der Waals surface area contributed by atoms with Crippen molar-refractivity contribution in [2.45, 2.75) is 64.5 Å². The lowest BCUT2D eigenvalue weighted by atomic mass is 9.55. The highest BCUT2D eigenvalue weighted by atomic mass is 16.1. The van der Waals surface area contributed by atoms with E-state index in [0.717, 1.165) is 48.2 Å². The fourth-order valence-electron chi connectivity index (χ4n) is 6.46. The van der Waals surface area contributed by atoms with Gasteiger partial charge in [0.05, 0.1) is 11.6 Å². The monoisotopic (exact) mass is 424 g/mol. The van der Waals surface area contributed by atoms with E-state index in [1.54, 1.807) is 0 Å². The van der Waals surface area contributed by atoms with Gasteiger partial charge in [0.15, 0.2) is 11.9 Å². The topological polar surface area (TPSA) is 66.7 Å². The summed E-state index contributed by atoms with van der Waals surface area (Å²) in [6.45, 7) is 6.40. The van der Waals surface area contributed by atoms with Crippen LogP contribution in [0.2, 0.25) is 0 Å². The number of pyridine rings is 1. The van der Waals surface area contributed by atoms with Crippen molar-refractivity contribution >= 4 is 5.78 Å². The van der Waals surface area contributed by atoms with Crippen LogP contribution in [0.3, 0.4) is 0 Å². The molecule has 1 aromatic carbocycles. The van der Waals surface area contributed by atoms with Gasteiger partial charge in [-0.1, -0.05) is 32.0 Å². The Kier molecular flexibility index (Phi) is 4.11. The van der Waals surface area contributed by atoms with Crippen LogP contribution in [0.4, 0.5) is 0 Å². The number of benzene rings is 1. The Hall–Kier alpha value is -3.08. The van der Waals surface area contributed by atoms with Crippen molar-refractivity contribution in [1.82, 2.24) is 10.3 Å². The first kappa shape index (κ1) is 19.6. The van der Waals surface area contributed by atoms with Gasteiger partial charge in [0, 0.05) is 35.2 Å². The molecule has 2 aliphatic carbocycles. The van der Waals surface area contributed by atoms with Crippen molar-refractivity contribution in [3.8, 4) is 11.1 Å². The zero-order valence-corrected chi connectivity index (χ0v) is 18.9. The van der Waals surface area contributed by atoms with E-state index in [4.69, 9.17) is 0 Å². The third kappa shape index (κ3) is 2.70. The van der Waals surface area contributed by atoms with Crippen LogP contribution in [0.1, 0.15) is 56.4 Å². The van der Waals surface area contributed by atoms with Gasteiger partial charge in [-0.25, -0.2) is 0 Å². The number of rotatable bonds is 1. The van der Waals surface area contributed by atoms with Gasteiger partial charge in [-0.3, -0.25) is 9.78 Å². The maximum Gasteiger partial charge on any atom is 0.164 e. The number of ketones is 1. The molecular weight excluding hydrogens is 396 g/mol. The fraction of sp³-hybridized carbons (Fsp3) is 0.407. The standard InChI is InChI=1S/C27H28N4O/c1-16-12-17(9-11-28-16)18-6-4-8-20-19(18)7-5-10-27(20)21-15-29-31-25(21)30-22-13-26(2,3)14-23(32)24(22)27/h4,6,8-9,11-12,15,25,30H,5,7,10,13-14H2,1-3H3/t25?,27-/m0/s1. The number of aryl methyl sites for hydroxylation is 1. The second kappa shape index (κ2) is 6.71. The first-order chi connectivity index (χ1) is 15.4. The van der Waals surface area contributed by atoms with Crippen LogP contribution in [0.15, 0.2) is 69.8 Å². The summed E-state index contributed by atoms with van der Waals surface area (Å²) in [5.41, 5.74) is 8.76. The third-order valence-corrected chi connectivity index (χ3v) is 7.60. The van der Waals surface area contributed by atoms with E-state index in [1.165, 1.54) is 22.3 Å². The summed E-state index contributed by atoms with van der Waals surface area (Å²) >= 11 is 0. The molecule has 2 aromatic rings. The molecule has 32 heavy (non-hydrogen) atoms. The summed E-state index contributed by atoms with van der Waals surface area (Å²) in [5, 5.41) is 12.4. The average molecular weight is 425 g/mol. The van der Waals surface area contributed by atoms with E-state index in [1.807, 2.05) is 19.3 Å². The van der Waals surface area contributed by atoms with Crippen molar-refractivity contribution in [2.24, 2.45) is 15.6 Å². The Balaban J connectivity index is 1.63. The summed E-state index contributed by atoms with van der Waals surface area (Å²) in [4.78, 5) is 18.1. The number of fused-ring (bicyclic) bond motifs is 5. The van der Waals surface area contributed by atoms with Gasteiger partial charge in [0.1, 0.15) is 0 Å². The lowest BCUT2D eigenvalue weighted by Gasteiger charge is -2.50. The Labute approximate surface area is 188 Å². The maximum absolute atomic E-state index is 13.7. The minimum Gasteiger partial charge on any atom is -0.362 e. The lowest BCUT2D eigenvalue weighted by Crippen LogP contribution is -2.52. The molecule has 162 valence electrons.